The Morgan fingerprint density at radius 3 is 2.75 bits per heavy atom. The van der Waals surface area contributed by atoms with E-state index in [1.54, 1.807) is 11.3 Å². The number of amides is 1. The fourth-order valence-corrected chi connectivity index (χ4v) is 2.19. The van der Waals surface area contributed by atoms with Crippen molar-refractivity contribution >= 4 is 42.1 Å². The Morgan fingerprint density at radius 1 is 1.40 bits per heavy atom. The topological polar surface area (TPSA) is 69.8 Å². The lowest BCUT2D eigenvalue weighted by molar-refractivity contribution is 0.0950. The molecule has 0 unspecified atom stereocenters. The van der Waals surface area contributed by atoms with Crippen molar-refractivity contribution in [2.75, 3.05) is 20.1 Å². The first-order valence-electron chi connectivity index (χ1n) is 5.74. The van der Waals surface area contributed by atoms with Gasteiger partial charge in [-0.1, -0.05) is 0 Å². The Kier molecular flexibility index (Phi) is 8.48. The number of aryl methyl sites for hydroxylation is 1. The molecule has 0 bridgehead atoms. The van der Waals surface area contributed by atoms with E-state index in [1.807, 2.05) is 31.6 Å². The molecular weight excluding hydrogens is 319 g/mol. The van der Waals surface area contributed by atoms with E-state index in [0.29, 0.717) is 12.2 Å². The highest BCUT2D eigenvalue weighted by molar-refractivity contribution is 7.09. The zero-order chi connectivity index (χ0) is 13.0. The Balaban J connectivity index is 0.00000180. The lowest BCUT2D eigenvalue weighted by Gasteiger charge is -2.01. The standard InChI is InChI=1S/C12H16N4OS.2ClH/c1-8-16-11(7-18-8)9-5-10(15-6-9)12(17)14-4-3-13-2;;/h5-7,13,15H,3-4H2,1-2H3,(H,14,17);2*1H. The molecule has 20 heavy (non-hydrogen) atoms. The van der Waals surface area contributed by atoms with Gasteiger partial charge in [-0.05, 0) is 20.0 Å². The summed E-state index contributed by atoms with van der Waals surface area (Å²) >= 11 is 1.60. The van der Waals surface area contributed by atoms with Crippen LogP contribution < -0.4 is 10.6 Å². The minimum absolute atomic E-state index is 0. The second-order valence-corrected chi connectivity index (χ2v) is 4.98. The number of thiazole rings is 1. The van der Waals surface area contributed by atoms with E-state index >= 15 is 0 Å². The van der Waals surface area contributed by atoms with Gasteiger partial charge < -0.3 is 15.6 Å². The summed E-state index contributed by atoms with van der Waals surface area (Å²) in [7, 11) is 1.85. The normalized spacial score (nSPS) is 9.50. The highest BCUT2D eigenvalue weighted by Gasteiger charge is 2.10. The van der Waals surface area contributed by atoms with E-state index in [0.717, 1.165) is 22.8 Å². The highest BCUT2D eigenvalue weighted by atomic mass is 35.5. The summed E-state index contributed by atoms with van der Waals surface area (Å²) in [6.45, 7) is 3.33. The van der Waals surface area contributed by atoms with Gasteiger partial charge in [-0.15, -0.1) is 36.2 Å². The molecule has 8 heteroatoms. The fourth-order valence-electron chi connectivity index (χ4n) is 1.57. The summed E-state index contributed by atoms with van der Waals surface area (Å²) in [5, 5.41) is 8.80. The largest absolute Gasteiger partial charge is 0.357 e. The van der Waals surface area contributed by atoms with Crippen molar-refractivity contribution in [1.29, 1.82) is 0 Å². The van der Waals surface area contributed by atoms with Gasteiger partial charge in [0.25, 0.3) is 5.91 Å². The van der Waals surface area contributed by atoms with E-state index in [4.69, 9.17) is 0 Å². The molecule has 0 aliphatic carbocycles. The minimum Gasteiger partial charge on any atom is -0.357 e. The van der Waals surface area contributed by atoms with Crippen molar-refractivity contribution < 1.29 is 4.79 Å². The Hall–Kier alpha value is -1.08. The van der Waals surface area contributed by atoms with Crippen molar-refractivity contribution in [2.24, 2.45) is 0 Å². The minimum atomic E-state index is -0.0940. The molecule has 2 aromatic rings. The molecule has 0 aliphatic heterocycles. The van der Waals surface area contributed by atoms with Gasteiger partial charge in [-0.3, -0.25) is 4.79 Å². The number of H-pyrrole nitrogens is 1. The Labute approximate surface area is 134 Å². The van der Waals surface area contributed by atoms with E-state index in [2.05, 4.69) is 20.6 Å². The van der Waals surface area contributed by atoms with Gasteiger partial charge in [-0.25, -0.2) is 4.98 Å². The number of nitrogens with one attached hydrogen (secondary N) is 3. The van der Waals surface area contributed by atoms with Crippen LogP contribution in [0.2, 0.25) is 0 Å². The Morgan fingerprint density at radius 2 is 2.15 bits per heavy atom. The van der Waals surface area contributed by atoms with Crippen LogP contribution in [0.25, 0.3) is 11.3 Å². The summed E-state index contributed by atoms with van der Waals surface area (Å²) < 4.78 is 0. The van der Waals surface area contributed by atoms with Gasteiger partial charge in [0.15, 0.2) is 0 Å². The average molecular weight is 337 g/mol. The third-order valence-corrected chi connectivity index (χ3v) is 3.28. The number of nitrogens with zero attached hydrogens (tertiary/aromatic N) is 1. The number of halogens is 2. The summed E-state index contributed by atoms with van der Waals surface area (Å²) in [6, 6.07) is 1.82. The molecule has 5 nitrogen and oxygen atoms in total. The van der Waals surface area contributed by atoms with Gasteiger partial charge in [0, 0.05) is 30.2 Å². The molecule has 1 amide bonds. The summed E-state index contributed by atoms with van der Waals surface area (Å²) in [5.74, 6) is -0.0940. The molecule has 2 aromatic heterocycles. The molecule has 3 N–H and O–H groups in total. The van der Waals surface area contributed by atoms with Crippen molar-refractivity contribution in [2.45, 2.75) is 6.92 Å². The second-order valence-electron chi connectivity index (χ2n) is 3.91. The van der Waals surface area contributed by atoms with Crippen LogP contribution in [-0.4, -0.2) is 36.0 Å². The third kappa shape index (κ3) is 4.79. The number of hydrogen-bond donors (Lipinski definition) is 3. The first-order valence-corrected chi connectivity index (χ1v) is 6.62. The number of carbonyl (C=O) groups excluding carboxylic acids is 1. The van der Waals surface area contributed by atoms with E-state index in [-0.39, 0.29) is 30.7 Å². The Bertz CT molecular complexity index is 541. The van der Waals surface area contributed by atoms with Crippen molar-refractivity contribution in [3.05, 3.63) is 28.3 Å². The quantitative estimate of drug-likeness (QED) is 0.733. The molecule has 0 atom stereocenters. The zero-order valence-corrected chi connectivity index (χ0v) is 13.7. The number of likely N-dealkylation sites (N-methyl/N-ethyl adjacent to an activating group) is 1. The van der Waals surface area contributed by atoms with Crippen LogP contribution in [0.3, 0.4) is 0 Å². The lowest BCUT2D eigenvalue weighted by atomic mass is 10.2. The number of hydrogen-bond acceptors (Lipinski definition) is 4. The molecule has 0 aromatic carbocycles. The van der Waals surface area contributed by atoms with Crippen molar-refractivity contribution in [1.82, 2.24) is 20.6 Å². The fraction of sp³-hybridized carbons (Fsp3) is 0.333. The monoisotopic (exact) mass is 336 g/mol. The van der Waals surface area contributed by atoms with Crippen LogP contribution in [0.1, 0.15) is 15.5 Å². The molecule has 0 saturated heterocycles. The molecule has 112 valence electrons. The first kappa shape index (κ1) is 18.9. The number of aromatic nitrogens is 2. The highest BCUT2D eigenvalue weighted by Crippen LogP contribution is 2.22. The summed E-state index contributed by atoms with van der Waals surface area (Å²) in [5.41, 5.74) is 2.41. The SMILES string of the molecule is CNCCNC(=O)c1cc(-c2csc(C)n2)c[nH]1.Cl.Cl. The molecule has 0 saturated carbocycles. The van der Waals surface area contributed by atoms with E-state index in [1.165, 1.54) is 0 Å². The number of rotatable bonds is 5. The zero-order valence-electron chi connectivity index (χ0n) is 11.2. The maximum absolute atomic E-state index is 11.8. The van der Waals surface area contributed by atoms with Gasteiger partial charge in [0.05, 0.1) is 10.7 Å². The van der Waals surface area contributed by atoms with Gasteiger partial charge in [0.1, 0.15) is 5.69 Å². The molecule has 0 aliphatic rings. The van der Waals surface area contributed by atoms with Crippen LogP contribution >= 0.6 is 36.2 Å². The van der Waals surface area contributed by atoms with Crippen molar-refractivity contribution in [3.8, 4) is 11.3 Å². The van der Waals surface area contributed by atoms with Crippen LogP contribution in [-0.2, 0) is 0 Å². The molecular formula is C12H18Cl2N4OS. The maximum atomic E-state index is 11.8. The van der Waals surface area contributed by atoms with Crippen LogP contribution in [0.4, 0.5) is 0 Å². The van der Waals surface area contributed by atoms with Crippen LogP contribution in [0, 0.1) is 6.92 Å². The molecule has 0 spiro atoms. The molecule has 0 radical (unpaired) electrons. The lowest BCUT2D eigenvalue weighted by Crippen LogP contribution is -2.30. The van der Waals surface area contributed by atoms with Gasteiger partial charge in [-0.2, -0.15) is 0 Å². The molecule has 2 heterocycles. The molecule has 0 fully saturated rings. The smallest absolute Gasteiger partial charge is 0.267 e. The van der Waals surface area contributed by atoms with E-state index in [9.17, 15) is 4.79 Å². The first-order chi connectivity index (χ1) is 8.70. The van der Waals surface area contributed by atoms with E-state index < -0.39 is 0 Å². The van der Waals surface area contributed by atoms with Crippen LogP contribution in [0.15, 0.2) is 17.6 Å². The van der Waals surface area contributed by atoms with Gasteiger partial charge >= 0.3 is 0 Å². The predicted octanol–water partition coefficient (Wildman–Crippen LogP) is 2.24. The van der Waals surface area contributed by atoms with Gasteiger partial charge in [0.2, 0.25) is 0 Å². The number of carbonyl (C=O) groups is 1. The second kappa shape index (κ2) is 8.97. The summed E-state index contributed by atoms with van der Waals surface area (Å²) in [4.78, 5) is 19.1. The average Bonchev–Trinajstić information content (AvgIpc) is 2.97. The molecule has 2 rings (SSSR count). The predicted molar refractivity (Wildman–Crippen MR) is 87.4 cm³/mol. The maximum Gasteiger partial charge on any atom is 0.267 e. The summed E-state index contributed by atoms with van der Waals surface area (Å²) in [6.07, 6.45) is 1.81. The van der Waals surface area contributed by atoms with Crippen molar-refractivity contribution in [3.63, 3.8) is 0 Å². The number of aromatic amines is 1. The van der Waals surface area contributed by atoms with Crippen LogP contribution in [0.5, 0.6) is 0 Å². The third-order valence-electron chi connectivity index (χ3n) is 2.50.